The Morgan fingerprint density at radius 2 is 1.57 bits per heavy atom. The molecule has 12 heteroatoms. The molecule has 46 heavy (non-hydrogen) atoms. The average molecular weight is 761 g/mol. The molecule has 10 nitrogen and oxygen atoms in total. The Bertz CT molecular complexity index is 1400. The summed E-state index contributed by atoms with van der Waals surface area (Å²) in [6, 6.07) is 12.4. The van der Waals surface area contributed by atoms with Gasteiger partial charge in [0.1, 0.15) is 0 Å². The van der Waals surface area contributed by atoms with Gasteiger partial charge in [0.2, 0.25) is 0 Å². The van der Waals surface area contributed by atoms with Gasteiger partial charge in [-0.05, 0) is 87.0 Å². The molecule has 4 aliphatic rings. The lowest BCUT2D eigenvalue weighted by molar-refractivity contribution is -0.143. The van der Waals surface area contributed by atoms with Crippen molar-refractivity contribution in [1.82, 2.24) is 24.9 Å². The van der Waals surface area contributed by atoms with Crippen LogP contribution in [0.5, 0.6) is 0 Å². The molecule has 3 saturated heterocycles. The van der Waals surface area contributed by atoms with Gasteiger partial charge < -0.3 is 30.1 Å². The van der Waals surface area contributed by atoms with E-state index in [0.717, 1.165) is 76.8 Å². The van der Waals surface area contributed by atoms with Crippen molar-refractivity contribution in [2.45, 2.75) is 63.6 Å². The maximum atomic E-state index is 14.0. The zero-order chi connectivity index (χ0) is 32.2. The van der Waals surface area contributed by atoms with E-state index in [2.05, 4.69) is 53.5 Å². The minimum Gasteiger partial charge on any atom is -0.436 e. The second-order valence-electron chi connectivity index (χ2n) is 12.9. The van der Waals surface area contributed by atoms with Gasteiger partial charge in [0.25, 0.3) is 5.91 Å². The van der Waals surface area contributed by atoms with Crippen LogP contribution in [0.4, 0.5) is 15.3 Å². The first kappa shape index (κ1) is 33.2. The van der Waals surface area contributed by atoms with Crippen molar-refractivity contribution >= 4 is 55.6 Å². The van der Waals surface area contributed by atoms with E-state index in [1.165, 1.54) is 0 Å². The van der Waals surface area contributed by atoms with Crippen LogP contribution in [0.15, 0.2) is 45.3 Å². The summed E-state index contributed by atoms with van der Waals surface area (Å²) in [5.41, 5.74) is 3.99. The van der Waals surface area contributed by atoms with E-state index in [4.69, 9.17) is 4.74 Å². The molecule has 4 heterocycles. The maximum absolute atomic E-state index is 14.0. The number of anilines is 1. The SMILES string of the molecule is Cc1c(Br)cc(CC(OC(=O)N2CCC(N3CCc4ccccc4NC3=O)CC2)C(=O)N2CCN(C3CCNCC3)CC2)cc1Br. The summed E-state index contributed by atoms with van der Waals surface area (Å²) in [4.78, 5) is 48.6. The molecule has 4 amide bonds. The standard InChI is InChI=1S/C34H44Br2N6O4/c1-23-28(35)20-24(21-29(23)36)22-31(32(43)40-18-16-39(17-19-40)26-6-11-37-12-7-26)46-34(45)41-13-9-27(10-14-41)42-15-8-25-4-2-3-5-30(25)38-33(42)44/h2-5,20-21,26-27,31,37H,6-19,22H2,1H3,(H,38,44). The zero-order valence-corrected chi connectivity index (χ0v) is 29.7. The first-order chi connectivity index (χ1) is 22.3. The number of likely N-dealkylation sites (tertiary alicyclic amines) is 1. The quantitative estimate of drug-likeness (QED) is 0.430. The first-order valence-corrected chi connectivity index (χ1v) is 18.1. The number of piperazine rings is 1. The van der Waals surface area contributed by atoms with Crippen LogP contribution in [-0.2, 0) is 22.4 Å². The van der Waals surface area contributed by atoms with Gasteiger partial charge in [0.05, 0.1) is 0 Å². The lowest BCUT2D eigenvalue weighted by atomic mass is 10.0. The van der Waals surface area contributed by atoms with Gasteiger partial charge in [0, 0.05) is 79.0 Å². The van der Waals surface area contributed by atoms with Crippen molar-refractivity contribution in [1.29, 1.82) is 0 Å². The van der Waals surface area contributed by atoms with E-state index in [1.54, 1.807) is 4.90 Å². The van der Waals surface area contributed by atoms with Gasteiger partial charge in [-0.1, -0.05) is 50.1 Å². The zero-order valence-electron chi connectivity index (χ0n) is 26.5. The number of benzene rings is 2. The van der Waals surface area contributed by atoms with E-state index in [0.29, 0.717) is 58.0 Å². The number of piperidine rings is 2. The van der Waals surface area contributed by atoms with Crippen LogP contribution in [0.1, 0.15) is 42.4 Å². The molecule has 0 spiro atoms. The number of hydrogen-bond donors (Lipinski definition) is 2. The van der Waals surface area contributed by atoms with Crippen LogP contribution in [0.3, 0.4) is 0 Å². The summed E-state index contributed by atoms with van der Waals surface area (Å²) in [6.07, 6.45) is 3.29. The Morgan fingerprint density at radius 1 is 0.891 bits per heavy atom. The molecule has 0 saturated carbocycles. The van der Waals surface area contributed by atoms with Crippen molar-refractivity contribution < 1.29 is 19.1 Å². The van der Waals surface area contributed by atoms with Gasteiger partial charge in [-0.25, -0.2) is 9.59 Å². The normalized spacial score (nSPS) is 20.9. The highest BCUT2D eigenvalue weighted by molar-refractivity contribution is 9.11. The molecule has 0 bridgehead atoms. The van der Waals surface area contributed by atoms with Gasteiger partial charge in [-0.2, -0.15) is 0 Å². The molecule has 1 unspecified atom stereocenters. The van der Waals surface area contributed by atoms with Crippen molar-refractivity contribution in [2.24, 2.45) is 0 Å². The third-order valence-electron chi connectivity index (χ3n) is 10.0. The number of fused-ring (bicyclic) bond motifs is 1. The smallest absolute Gasteiger partial charge is 0.410 e. The van der Waals surface area contributed by atoms with E-state index in [1.807, 2.05) is 47.1 Å². The molecule has 6 rings (SSSR count). The lowest BCUT2D eigenvalue weighted by Crippen LogP contribution is -2.56. The lowest BCUT2D eigenvalue weighted by Gasteiger charge is -2.41. The molecular formula is C34H44Br2N6O4. The summed E-state index contributed by atoms with van der Waals surface area (Å²) >= 11 is 7.26. The average Bonchev–Trinajstić information content (AvgIpc) is 3.25. The molecule has 248 valence electrons. The monoisotopic (exact) mass is 758 g/mol. The Kier molecular flexibility index (Phi) is 10.9. The van der Waals surface area contributed by atoms with Gasteiger partial charge in [0.15, 0.2) is 6.10 Å². The topological polar surface area (TPSA) is 97.5 Å². The molecule has 0 radical (unpaired) electrons. The fraction of sp³-hybridized carbons (Fsp3) is 0.559. The minimum absolute atomic E-state index is 0.0364. The van der Waals surface area contributed by atoms with Crippen LogP contribution in [-0.4, -0.2) is 115 Å². The Balaban J connectivity index is 1.09. The van der Waals surface area contributed by atoms with Crippen LogP contribution in [0, 0.1) is 6.92 Å². The van der Waals surface area contributed by atoms with Crippen LogP contribution < -0.4 is 10.6 Å². The molecule has 4 aliphatic heterocycles. The maximum Gasteiger partial charge on any atom is 0.410 e. The van der Waals surface area contributed by atoms with Gasteiger partial charge in [-0.3, -0.25) is 9.69 Å². The number of carbonyl (C=O) groups is 3. The largest absolute Gasteiger partial charge is 0.436 e. The molecule has 2 N–H and O–H groups in total. The number of halogens is 2. The number of para-hydroxylation sites is 1. The van der Waals surface area contributed by atoms with Crippen LogP contribution in [0.25, 0.3) is 0 Å². The summed E-state index contributed by atoms with van der Waals surface area (Å²) < 4.78 is 7.95. The van der Waals surface area contributed by atoms with Crippen molar-refractivity contribution in [2.75, 3.05) is 64.2 Å². The number of amides is 4. The number of nitrogens with zero attached hydrogens (tertiary/aromatic N) is 4. The Hall–Kier alpha value is -2.67. The predicted molar refractivity (Wildman–Crippen MR) is 185 cm³/mol. The molecule has 1 atom stereocenters. The second-order valence-corrected chi connectivity index (χ2v) is 14.6. The number of hydrogen-bond acceptors (Lipinski definition) is 6. The third-order valence-corrected chi connectivity index (χ3v) is 11.7. The van der Waals surface area contributed by atoms with E-state index in [9.17, 15) is 14.4 Å². The van der Waals surface area contributed by atoms with Crippen molar-refractivity contribution in [3.05, 3.63) is 62.0 Å². The van der Waals surface area contributed by atoms with Gasteiger partial charge >= 0.3 is 12.1 Å². The van der Waals surface area contributed by atoms with E-state index in [-0.39, 0.29) is 18.0 Å². The van der Waals surface area contributed by atoms with Crippen molar-refractivity contribution in [3.8, 4) is 0 Å². The fourth-order valence-electron chi connectivity index (χ4n) is 7.19. The van der Waals surface area contributed by atoms with E-state index < -0.39 is 12.2 Å². The summed E-state index contributed by atoms with van der Waals surface area (Å²) in [6.45, 7) is 8.61. The number of rotatable bonds is 6. The number of urea groups is 1. The summed E-state index contributed by atoms with van der Waals surface area (Å²) in [7, 11) is 0. The highest BCUT2D eigenvalue weighted by Gasteiger charge is 2.36. The molecule has 0 aromatic heterocycles. The minimum atomic E-state index is -0.924. The number of ether oxygens (including phenoxy) is 1. The Labute approximate surface area is 288 Å². The highest BCUT2D eigenvalue weighted by atomic mass is 79.9. The fourth-order valence-corrected chi connectivity index (χ4v) is 8.47. The number of carbonyl (C=O) groups excluding carboxylic acids is 3. The molecule has 3 fully saturated rings. The first-order valence-electron chi connectivity index (χ1n) is 16.6. The molecular weight excluding hydrogens is 716 g/mol. The molecule has 0 aliphatic carbocycles. The van der Waals surface area contributed by atoms with Gasteiger partial charge in [-0.15, -0.1) is 0 Å². The predicted octanol–water partition coefficient (Wildman–Crippen LogP) is 5.02. The second kappa shape index (κ2) is 15.0. The number of nitrogens with one attached hydrogen (secondary N) is 2. The third kappa shape index (κ3) is 7.72. The summed E-state index contributed by atoms with van der Waals surface area (Å²) in [5, 5.41) is 6.49. The van der Waals surface area contributed by atoms with Crippen molar-refractivity contribution in [3.63, 3.8) is 0 Å². The summed E-state index contributed by atoms with van der Waals surface area (Å²) in [5.74, 6) is -0.137. The van der Waals surface area contributed by atoms with Crippen LogP contribution in [0.2, 0.25) is 0 Å². The Morgan fingerprint density at radius 3 is 2.26 bits per heavy atom. The molecule has 2 aromatic rings. The van der Waals surface area contributed by atoms with E-state index >= 15 is 0 Å². The highest BCUT2D eigenvalue weighted by Crippen LogP contribution is 2.29. The molecule has 2 aromatic carbocycles. The van der Waals surface area contributed by atoms with Crippen LogP contribution >= 0.6 is 31.9 Å².